The summed E-state index contributed by atoms with van der Waals surface area (Å²) in [5.41, 5.74) is -1.71. The Bertz CT molecular complexity index is 498. The fourth-order valence-corrected chi connectivity index (χ4v) is 1.37. The van der Waals surface area contributed by atoms with Crippen LogP contribution in [0.3, 0.4) is 0 Å². The molecule has 0 aliphatic rings. The molecule has 96 valence electrons. The zero-order chi connectivity index (χ0) is 14.1. The molecule has 0 aliphatic heterocycles. The number of carbonyl (C=O) groups is 1. The minimum Gasteiger partial charge on any atom is -0.294 e. The lowest BCUT2D eigenvalue weighted by molar-refractivity contribution is -0.394. The molecule has 7 nitrogen and oxygen atoms in total. The number of carbonyl (C=O) groups excluding carboxylic acids is 1. The highest BCUT2D eigenvalue weighted by Gasteiger charge is 2.27. The number of non-ortho nitro benzene ring substituents is 2. The zero-order valence-corrected chi connectivity index (χ0v) is 10.2. The van der Waals surface area contributed by atoms with Crippen LogP contribution in [-0.4, -0.2) is 15.6 Å². The summed E-state index contributed by atoms with van der Waals surface area (Å²) in [7, 11) is 0. The van der Waals surface area contributed by atoms with Gasteiger partial charge >= 0.3 is 0 Å². The number of hydrogen-bond donors (Lipinski definition) is 0. The van der Waals surface area contributed by atoms with E-state index in [9.17, 15) is 25.0 Å². The van der Waals surface area contributed by atoms with Crippen LogP contribution >= 0.6 is 0 Å². The summed E-state index contributed by atoms with van der Waals surface area (Å²) < 4.78 is 0. The molecule has 18 heavy (non-hydrogen) atoms. The molecular formula is C11H12N2O5. The highest BCUT2D eigenvalue weighted by molar-refractivity contribution is 6.00. The molecular weight excluding hydrogens is 240 g/mol. The van der Waals surface area contributed by atoms with E-state index in [4.69, 9.17) is 0 Å². The normalized spacial score (nSPS) is 11.1. The van der Waals surface area contributed by atoms with Gasteiger partial charge in [-0.15, -0.1) is 0 Å². The average molecular weight is 252 g/mol. The van der Waals surface area contributed by atoms with Crippen molar-refractivity contribution < 1.29 is 14.6 Å². The Kier molecular flexibility index (Phi) is 3.45. The predicted octanol–water partition coefficient (Wildman–Crippen LogP) is 2.73. The number of nitrogens with zero attached hydrogens (tertiary/aromatic N) is 2. The van der Waals surface area contributed by atoms with Gasteiger partial charge in [0, 0.05) is 23.1 Å². The van der Waals surface area contributed by atoms with Crippen molar-refractivity contribution >= 4 is 17.2 Å². The Hall–Kier alpha value is -2.31. The van der Waals surface area contributed by atoms with E-state index in [1.54, 1.807) is 20.8 Å². The quantitative estimate of drug-likeness (QED) is 0.467. The molecule has 0 aliphatic carbocycles. The summed E-state index contributed by atoms with van der Waals surface area (Å²) in [4.78, 5) is 31.8. The largest absolute Gasteiger partial charge is 0.294 e. The van der Waals surface area contributed by atoms with Gasteiger partial charge in [-0.3, -0.25) is 25.0 Å². The number of Topliss-reactive ketones (excluding diaryl/α,β-unsaturated/α-hetero) is 1. The molecule has 0 atom stereocenters. The third-order valence-electron chi connectivity index (χ3n) is 2.27. The van der Waals surface area contributed by atoms with Crippen LogP contribution in [0.2, 0.25) is 0 Å². The second-order valence-electron chi connectivity index (χ2n) is 4.83. The van der Waals surface area contributed by atoms with Crippen LogP contribution in [0.25, 0.3) is 0 Å². The van der Waals surface area contributed by atoms with Gasteiger partial charge in [0.15, 0.2) is 5.78 Å². The van der Waals surface area contributed by atoms with Crippen LogP contribution in [0, 0.1) is 25.6 Å². The fourth-order valence-electron chi connectivity index (χ4n) is 1.37. The first-order chi connectivity index (χ1) is 8.12. The van der Waals surface area contributed by atoms with Crippen molar-refractivity contribution in [1.29, 1.82) is 0 Å². The fraction of sp³-hybridized carbons (Fsp3) is 0.364. The van der Waals surface area contributed by atoms with Gasteiger partial charge in [0.05, 0.1) is 15.9 Å². The average Bonchev–Trinajstić information content (AvgIpc) is 2.26. The molecule has 1 rings (SSSR count). The third kappa shape index (κ3) is 2.88. The van der Waals surface area contributed by atoms with E-state index in [0.717, 1.165) is 18.2 Å². The summed E-state index contributed by atoms with van der Waals surface area (Å²) in [5, 5.41) is 21.3. The van der Waals surface area contributed by atoms with E-state index >= 15 is 0 Å². The minimum absolute atomic E-state index is 0.0246. The number of nitro benzene ring substituents is 2. The van der Waals surface area contributed by atoms with Crippen LogP contribution in [0.4, 0.5) is 11.4 Å². The van der Waals surface area contributed by atoms with Crippen molar-refractivity contribution in [3.63, 3.8) is 0 Å². The maximum atomic E-state index is 12.0. The lowest BCUT2D eigenvalue weighted by atomic mass is 9.86. The molecule has 1 aromatic carbocycles. The molecule has 0 bridgehead atoms. The van der Waals surface area contributed by atoms with Crippen molar-refractivity contribution in [3.05, 3.63) is 44.0 Å². The number of nitro groups is 2. The SMILES string of the molecule is CC(C)(C)C(=O)c1cc([N+](=O)[O-])cc([N+](=O)[O-])c1. The Labute approximate surface area is 103 Å². The van der Waals surface area contributed by atoms with Crippen LogP contribution in [0.5, 0.6) is 0 Å². The molecule has 0 unspecified atom stereocenters. The van der Waals surface area contributed by atoms with E-state index in [2.05, 4.69) is 0 Å². The summed E-state index contributed by atoms with van der Waals surface area (Å²) in [5.74, 6) is -0.380. The Morgan fingerprint density at radius 1 is 1.00 bits per heavy atom. The third-order valence-corrected chi connectivity index (χ3v) is 2.27. The van der Waals surface area contributed by atoms with Gasteiger partial charge in [0.2, 0.25) is 0 Å². The Morgan fingerprint density at radius 3 is 1.67 bits per heavy atom. The molecule has 1 aromatic rings. The molecule has 7 heteroatoms. The van der Waals surface area contributed by atoms with Crippen molar-refractivity contribution in [2.75, 3.05) is 0 Å². The van der Waals surface area contributed by atoms with Crippen molar-refractivity contribution in [2.24, 2.45) is 5.41 Å². The lowest BCUT2D eigenvalue weighted by Crippen LogP contribution is -2.20. The Morgan fingerprint density at radius 2 is 1.39 bits per heavy atom. The van der Waals surface area contributed by atoms with Gasteiger partial charge in [0.1, 0.15) is 0 Å². The number of ketones is 1. The second-order valence-corrected chi connectivity index (χ2v) is 4.83. The first kappa shape index (κ1) is 13.8. The van der Waals surface area contributed by atoms with E-state index in [0.29, 0.717) is 0 Å². The lowest BCUT2D eigenvalue weighted by Gasteiger charge is -2.16. The van der Waals surface area contributed by atoms with Crippen LogP contribution in [-0.2, 0) is 0 Å². The van der Waals surface area contributed by atoms with E-state index < -0.39 is 26.6 Å². The molecule has 0 aromatic heterocycles. The predicted molar refractivity (Wildman–Crippen MR) is 63.5 cm³/mol. The number of benzene rings is 1. The van der Waals surface area contributed by atoms with E-state index in [1.165, 1.54) is 0 Å². The maximum Gasteiger partial charge on any atom is 0.277 e. The molecule has 0 spiro atoms. The van der Waals surface area contributed by atoms with Crippen LogP contribution < -0.4 is 0 Å². The van der Waals surface area contributed by atoms with Crippen molar-refractivity contribution in [3.8, 4) is 0 Å². The first-order valence-corrected chi connectivity index (χ1v) is 5.11. The van der Waals surface area contributed by atoms with E-state index in [1.807, 2.05) is 0 Å². The van der Waals surface area contributed by atoms with Gasteiger partial charge in [-0.1, -0.05) is 20.8 Å². The van der Waals surface area contributed by atoms with Crippen LogP contribution in [0.1, 0.15) is 31.1 Å². The summed E-state index contributed by atoms with van der Waals surface area (Å²) in [6.07, 6.45) is 0. The van der Waals surface area contributed by atoms with Crippen LogP contribution in [0.15, 0.2) is 18.2 Å². The molecule has 0 radical (unpaired) electrons. The number of rotatable bonds is 3. The standard InChI is InChI=1S/C11H12N2O5/c1-11(2,3)10(14)7-4-8(12(15)16)6-9(5-7)13(17)18/h4-6H,1-3H3. The van der Waals surface area contributed by atoms with Crippen molar-refractivity contribution in [2.45, 2.75) is 20.8 Å². The van der Waals surface area contributed by atoms with Crippen molar-refractivity contribution in [1.82, 2.24) is 0 Å². The highest BCUT2D eigenvalue weighted by Crippen LogP contribution is 2.27. The second kappa shape index (κ2) is 4.52. The molecule has 0 amide bonds. The molecule has 0 saturated heterocycles. The van der Waals surface area contributed by atoms with Gasteiger partial charge in [-0.25, -0.2) is 0 Å². The molecule has 0 fully saturated rings. The van der Waals surface area contributed by atoms with Gasteiger partial charge in [0.25, 0.3) is 11.4 Å². The Balaban J connectivity index is 3.41. The van der Waals surface area contributed by atoms with Gasteiger partial charge < -0.3 is 0 Å². The first-order valence-electron chi connectivity index (χ1n) is 5.11. The summed E-state index contributed by atoms with van der Waals surface area (Å²) in [6, 6.07) is 2.95. The minimum atomic E-state index is -0.761. The van der Waals surface area contributed by atoms with Gasteiger partial charge in [-0.2, -0.15) is 0 Å². The number of hydrogen-bond acceptors (Lipinski definition) is 5. The topological polar surface area (TPSA) is 103 Å². The zero-order valence-electron chi connectivity index (χ0n) is 10.2. The molecule has 0 saturated carbocycles. The monoisotopic (exact) mass is 252 g/mol. The highest BCUT2D eigenvalue weighted by atomic mass is 16.6. The summed E-state index contributed by atoms with van der Waals surface area (Å²) >= 11 is 0. The van der Waals surface area contributed by atoms with E-state index in [-0.39, 0.29) is 11.3 Å². The maximum absolute atomic E-state index is 12.0. The smallest absolute Gasteiger partial charge is 0.277 e. The molecule has 0 N–H and O–H groups in total. The summed E-state index contributed by atoms with van der Waals surface area (Å²) in [6.45, 7) is 4.92. The molecule has 0 heterocycles. The van der Waals surface area contributed by atoms with Gasteiger partial charge in [-0.05, 0) is 0 Å².